The Bertz CT molecular complexity index is 224. The van der Waals surface area contributed by atoms with Gasteiger partial charge in [-0.2, -0.15) is 0 Å². The molecule has 0 aromatic carbocycles. The van der Waals surface area contributed by atoms with E-state index in [2.05, 4.69) is 47.8 Å². The highest BCUT2D eigenvalue weighted by molar-refractivity contribution is 14.1. The molecule has 0 aromatic heterocycles. The van der Waals surface area contributed by atoms with Crippen molar-refractivity contribution in [2.45, 2.75) is 49.1 Å². The molecule has 13 heavy (non-hydrogen) atoms. The number of halogens is 1. The van der Waals surface area contributed by atoms with Crippen molar-refractivity contribution >= 4 is 22.6 Å². The van der Waals surface area contributed by atoms with Gasteiger partial charge in [0.15, 0.2) is 0 Å². The van der Waals surface area contributed by atoms with Crippen LogP contribution in [0.25, 0.3) is 0 Å². The summed E-state index contributed by atoms with van der Waals surface area (Å²) in [7, 11) is 0. The summed E-state index contributed by atoms with van der Waals surface area (Å²) in [5.74, 6) is 0.780. The molecule has 3 unspecified atom stereocenters. The predicted octanol–water partition coefficient (Wildman–Crippen LogP) is 2.90. The predicted molar refractivity (Wildman–Crippen MR) is 65.3 cm³/mol. The van der Waals surface area contributed by atoms with E-state index in [1.807, 2.05) is 0 Å². The lowest BCUT2D eigenvalue weighted by Gasteiger charge is -2.41. The number of hydrogen-bond donors (Lipinski definition) is 1. The molecule has 2 rings (SSSR count). The van der Waals surface area contributed by atoms with Crippen molar-refractivity contribution < 1.29 is 0 Å². The van der Waals surface area contributed by atoms with Gasteiger partial charge in [-0.15, -0.1) is 0 Å². The van der Waals surface area contributed by atoms with Gasteiger partial charge in [-0.25, -0.2) is 0 Å². The quantitative estimate of drug-likeness (QED) is 0.411. The third kappa shape index (κ3) is 1.80. The summed E-state index contributed by atoms with van der Waals surface area (Å²) in [5.41, 5.74) is 1.68. The van der Waals surface area contributed by atoms with Crippen LogP contribution < -0.4 is 5.32 Å². The minimum absolute atomic E-state index is 0.677. The van der Waals surface area contributed by atoms with E-state index in [0.717, 1.165) is 9.84 Å². The summed E-state index contributed by atoms with van der Waals surface area (Å²) >= 11 is 2.59. The van der Waals surface area contributed by atoms with Gasteiger partial charge in [0, 0.05) is 16.0 Å². The minimum atomic E-state index is 0.677. The number of allylic oxidation sites excluding steroid dienone is 1. The second-order valence-electron chi connectivity index (χ2n) is 4.38. The van der Waals surface area contributed by atoms with Gasteiger partial charge in [0.2, 0.25) is 0 Å². The van der Waals surface area contributed by atoms with Crippen LogP contribution in [0.1, 0.15) is 33.1 Å². The largest absolute Gasteiger partial charge is 0.307 e. The fourth-order valence-corrected chi connectivity index (χ4v) is 3.23. The first-order valence-electron chi connectivity index (χ1n) is 5.30. The summed E-state index contributed by atoms with van der Waals surface area (Å²) in [5, 5.41) is 3.72. The van der Waals surface area contributed by atoms with Crippen molar-refractivity contribution in [1.29, 1.82) is 0 Å². The van der Waals surface area contributed by atoms with Crippen LogP contribution >= 0.6 is 22.6 Å². The average Bonchev–Trinajstić information content (AvgIpc) is 2.15. The Morgan fingerprint density at radius 2 is 2.23 bits per heavy atom. The number of hydrogen-bond acceptors (Lipinski definition) is 1. The molecule has 2 heteroatoms. The van der Waals surface area contributed by atoms with E-state index in [-0.39, 0.29) is 0 Å². The molecule has 0 amide bonds. The van der Waals surface area contributed by atoms with Crippen LogP contribution in [0, 0.1) is 5.92 Å². The van der Waals surface area contributed by atoms with Gasteiger partial charge in [-0.05, 0) is 32.1 Å². The van der Waals surface area contributed by atoms with Crippen molar-refractivity contribution in [3.05, 3.63) is 11.6 Å². The van der Waals surface area contributed by atoms with E-state index < -0.39 is 0 Å². The van der Waals surface area contributed by atoms with Gasteiger partial charge in [0.1, 0.15) is 0 Å². The number of fused-ring (bicyclic) bond motifs is 1. The van der Waals surface area contributed by atoms with Crippen LogP contribution in [-0.2, 0) is 0 Å². The molecule has 0 bridgehead atoms. The van der Waals surface area contributed by atoms with Crippen LogP contribution in [0.5, 0.6) is 0 Å². The molecule has 74 valence electrons. The van der Waals surface area contributed by atoms with E-state index in [9.17, 15) is 0 Å². The van der Waals surface area contributed by atoms with Crippen molar-refractivity contribution in [3.8, 4) is 0 Å². The van der Waals surface area contributed by atoms with Crippen molar-refractivity contribution in [2.75, 3.05) is 0 Å². The molecule has 0 spiro atoms. The molecule has 1 heterocycles. The maximum atomic E-state index is 3.72. The molecule has 1 N–H and O–H groups in total. The van der Waals surface area contributed by atoms with Gasteiger partial charge in [0.25, 0.3) is 0 Å². The van der Waals surface area contributed by atoms with Gasteiger partial charge in [0.05, 0.1) is 0 Å². The summed E-state index contributed by atoms with van der Waals surface area (Å²) < 4.78 is 0.762. The van der Waals surface area contributed by atoms with Crippen LogP contribution in [-0.4, -0.2) is 16.0 Å². The molecule has 1 aliphatic carbocycles. The highest BCUT2D eigenvalue weighted by Gasteiger charge is 2.35. The zero-order valence-electron chi connectivity index (χ0n) is 8.39. The topological polar surface area (TPSA) is 12.0 Å². The Morgan fingerprint density at radius 1 is 1.46 bits per heavy atom. The second kappa shape index (κ2) is 3.89. The molecule has 2 aliphatic rings. The summed E-state index contributed by atoms with van der Waals surface area (Å²) in [6.45, 7) is 4.71. The Balaban J connectivity index is 2.20. The summed E-state index contributed by atoms with van der Waals surface area (Å²) in [4.78, 5) is 0. The fraction of sp³-hybridized carbons (Fsp3) is 0.818. The second-order valence-corrected chi connectivity index (χ2v) is 5.81. The van der Waals surface area contributed by atoms with Gasteiger partial charge < -0.3 is 5.32 Å². The number of rotatable bonds is 0. The van der Waals surface area contributed by atoms with Crippen LogP contribution in [0.3, 0.4) is 0 Å². The standard InChI is InChI=1S/C11H18IN/c1-7-9-5-3-4-6-10(9)13-8(2)11(7)12/h5,7-8,10-11,13H,3-4,6H2,1-2H3/t7-,8?,10?,11?/m0/s1. The summed E-state index contributed by atoms with van der Waals surface area (Å²) in [6.07, 6.45) is 6.50. The van der Waals surface area contributed by atoms with E-state index in [1.165, 1.54) is 19.3 Å². The van der Waals surface area contributed by atoms with Gasteiger partial charge >= 0.3 is 0 Å². The van der Waals surface area contributed by atoms with Crippen molar-refractivity contribution in [1.82, 2.24) is 5.32 Å². The molecule has 0 aromatic rings. The zero-order chi connectivity index (χ0) is 9.42. The number of alkyl halides is 1. The summed E-state index contributed by atoms with van der Waals surface area (Å²) in [6, 6.07) is 1.38. The molecule has 1 fully saturated rings. The van der Waals surface area contributed by atoms with Crippen molar-refractivity contribution in [2.24, 2.45) is 5.92 Å². The van der Waals surface area contributed by atoms with Gasteiger partial charge in [-0.3, -0.25) is 0 Å². The lowest BCUT2D eigenvalue weighted by molar-refractivity contribution is 0.338. The SMILES string of the molecule is CC1NC2CCCC=C2[C@H](C)C1I. The smallest absolute Gasteiger partial charge is 0.0324 e. The molecule has 4 atom stereocenters. The first-order chi connectivity index (χ1) is 6.20. The molecule has 1 nitrogen and oxygen atoms in total. The van der Waals surface area contributed by atoms with E-state index in [1.54, 1.807) is 5.57 Å². The van der Waals surface area contributed by atoms with Crippen LogP contribution in [0.2, 0.25) is 0 Å². The average molecular weight is 291 g/mol. The Labute approximate surface area is 94.5 Å². The number of nitrogens with one attached hydrogen (secondary N) is 1. The molecule has 0 radical (unpaired) electrons. The van der Waals surface area contributed by atoms with E-state index >= 15 is 0 Å². The normalized spacial score (nSPS) is 45.3. The molecular formula is C11H18IN. The lowest BCUT2D eigenvalue weighted by atomic mass is 9.79. The minimum Gasteiger partial charge on any atom is -0.307 e. The Kier molecular flexibility index (Phi) is 2.98. The zero-order valence-corrected chi connectivity index (χ0v) is 10.5. The monoisotopic (exact) mass is 291 g/mol. The maximum absolute atomic E-state index is 3.72. The third-order valence-electron chi connectivity index (χ3n) is 3.42. The fourth-order valence-electron chi connectivity index (χ4n) is 2.61. The highest BCUT2D eigenvalue weighted by atomic mass is 127. The van der Waals surface area contributed by atoms with Gasteiger partial charge in [-0.1, -0.05) is 41.2 Å². The Hall–Kier alpha value is 0.430. The van der Waals surface area contributed by atoms with Crippen molar-refractivity contribution in [3.63, 3.8) is 0 Å². The highest BCUT2D eigenvalue weighted by Crippen LogP contribution is 2.35. The molecule has 1 saturated heterocycles. The van der Waals surface area contributed by atoms with E-state index in [0.29, 0.717) is 12.1 Å². The molecular weight excluding hydrogens is 273 g/mol. The first-order valence-corrected chi connectivity index (χ1v) is 6.55. The Morgan fingerprint density at radius 3 is 3.00 bits per heavy atom. The lowest BCUT2D eigenvalue weighted by Crippen LogP contribution is -2.52. The van der Waals surface area contributed by atoms with Crippen LogP contribution in [0.15, 0.2) is 11.6 Å². The molecule has 1 aliphatic heterocycles. The van der Waals surface area contributed by atoms with E-state index in [4.69, 9.17) is 0 Å². The maximum Gasteiger partial charge on any atom is 0.0324 e. The number of piperidine rings is 1. The first kappa shape index (κ1) is 9.97. The molecule has 0 saturated carbocycles. The van der Waals surface area contributed by atoms with Crippen LogP contribution in [0.4, 0.5) is 0 Å². The third-order valence-corrected chi connectivity index (χ3v) is 5.58.